The average Bonchev–Trinajstić information content (AvgIpc) is 3.36. The number of nitrogens with zero attached hydrogens (tertiary/aromatic N) is 4. The second-order valence-corrected chi connectivity index (χ2v) is 9.07. The molecule has 0 saturated carbocycles. The third kappa shape index (κ3) is 4.80. The summed E-state index contributed by atoms with van der Waals surface area (Å²) in [5, 5.41) is 18.1. The number of tetrazole rings is 1. The Morgan fingerprint density at radius 3 is 2.61 bits per heavy atom. The number of methoxy groups -OCH3 is 1. The number of aromatic nitrogens is 4. The maximum Gasteiger partial charge on any atom is 0.255 e. The number of para-hydroxylation sites is 1. The van der Waals surface area contributed by atoms with Gasteiger partial charge in [0.25, 0.3) is 5.91 Å². The normalized spacial score (nSPS) is 14.6. The molecule has 1 aliphatic heterocycles. The minimum Gasteiger partial charge on any atom is -0.493 e. The number of allylic oxidation sites excluding steroid dienone is 1. The Labute approximate surface area is 216 Å². The fourth-order valence-electron chi connectivity index (χ4n) is 4.05. The molecule has 1 aromatic heterocycles. The van der Waals surface area contributed by atoms with E-state index in [1.807, 2.05) is 79.7 Å². The van der Waals surface area contributed by atoms with Crippen LogP contribution in [0, 0.1) is 0 Å². The molecule has 0 radical (unpaired) electrons. The molecule has 0 spiro atoms. The highest BCUT2D eigenvalue weighted by molar-refractivity contribution is 9.10. The molecule has 36 heavy (non-hydrogen) atoms. The van der Waals surface area contributed by atoms with Crippen molar-refractivity contribution in [3.63, 3.8) is 0 Å². The van der Waals surface area contributed by atoms with Crippen LogP contribution in [0.2, 0.25) is 0 Å². The van der Waals surface area contributed by atoms with Gasteiger partial charge < -0.3 is 20.1 Å². The molecule has 0 fully saturated rings. The van der Waals surface area contributed by atoms with Crippen LogP contribution in [0.4, 0.5) is 11.6 Å². The number of hydrogen-bond donors (Lipinski definition) is 2. The van der Waals surface area contributed by atoms with Gasteiger partial charge in [-0.2, -0.15) is 4.68 Å². The van der Waals surface area contributed by atoms with E-state index < -0.39 is 6.04 Å². The Balaban J connectivity index is 1.47. The van der Waals surface area contributed by atoms with Crippen LogP contribution in [0.25, 0.3) is 0 Å². The zero-order valence-corrected chi connectivity index (χ0v) is 21.2. The van der Waals surface area contributed by atoms with Gasteiger partial charge in [-0.3, -0.25) is 4.79 Å². The van der Waals surface area contributed by atoms with E-state index >= 15 is 0 Å². The van der Waals surface area contributed by atoms with E-state index in [9.17, 15) is 4.79 Å². The maximum absolute atomic E-state index is 13.4. The lowest BCUT2D eigenvalue weighted by atomic mass is 9.94. The summed E-state index contributed by atoms with van der Waals surface area (Å²) in [5.74, 6) is 1.32. The molecule has 0 bridgehead atoms. The Kier molecular flexibility index (Phi) is 6.68. The monoisotopic (exact) mass is 546 g/mol. The summed E-state index contributed by atoms with van der Waals surface area (Å²) in [6.45, 7) is 2.22. The van der Waals surface area contributed by atoms with Crippen LogP contribution >= 0.6 is 15.9 Å². The van der Waals surface area contributed by atoms with Gasteiger partial charge in [-0.15, -0.1) is 0 Å². The number of carbonyl (C=O) groups excluding carboxylic acids is 1. The lowest BCUT2D eigenvalue weighted by molar-refractivity contribution is -0.113. The van der Waals surface area contributed by atoms with Crippen molar-refractivity contribution in [1.29, 1.82) is 0 Å². The maximum atomic E-state index is 13.4. The zero-order chi connectivity index (χ0) is 25.1. The molecule has 2 N–H and O–H groups in total. The number of amides is 1. The quantitative estimate of drug-likeness (QED) is 0.338. The first kappa shape index (κ1) is 23.6. The van der Waals surface area contributed by atoms with Crippen LogP contribution in [-0.2, 0) is 11.4 Å². The molecule has 1 atom stereocenters. The predicted octanol–water partition coefficient (Wildman–Crippen LogP) is 4.95. The Hall–Kier alpha value is -4.18. The number of benzene rings is 3. The van der Waals surface area contributed by atoms with E-state index in [1.54, 1.807) is 11.8 Å². The summed E-state index contributed by atoms with van der Waals surface area (Å²) in [6.07, 6.45) is 0. The molecule has 1 unspecified atom stereocenters. The minimum absolute atomic E-state index is 0.258. The van der Waals surface area contributed by atoms with Crippen LogP contribution in [0.3, 0.4) is 0 Å². The fraction of sp³-hybridized carbons (Fsp3) is 0.154. The largest absolute Gasteiger partial charge is 0.493 e. The smallest absolute Gasteiger partial charge is 0.255 e. The highest BCUT2D eigenvalue weighted by Gasteiger charge is 2.34. The van der Waals surface area contributed by atoms with E-state index in [4.69, 9.17) is 9.47 Å². The van der Waals surface area contributed by atoms with Crippen molar-refractivity contribution in [2.45, 2.75) is 19.6 Å². The molecule has 0 aliphatic carbocycles. The third-order valence-electron chi connectivity index (χ3n) is 5.80. The van der Waals surface area contributed by atoms with E-state index in [1.165, 1.54) is 0 Å². The van der Waals surface area contributed by atoms with Crippen LogP contribution in [0.1, 0.15) is 24.1 Å². The fourth-order valence-corrected chi connectivity index (χ4v) is 4.31. The van der Waals surface area contributed by atoms with E-state index in [0.717, 1.165) is 15.6 Å². The van der Waals surface area contributed by atoms with Gasteiger partial charge in [0.2, 0.25) is 5.95 Å². The number of carbonyl (C=O) groups is 1. The molecule has 4 aromatic rings. The number of hydrogen-bond acceptors (Lipinski definition) is 7. The van der Waals surface area contributed by atoms with Crippen molar-refractivity contribution in [1.82, 2.24) is 20.2 Å². The molecule has 10 heteroatoms. The first-order valence-electron chi connectivity index (χ1n) is 11.2. The molecule has 2 heterocycles. The van der Waals surface area contributed by atoms with Crippen molar-refractivity contribution < 1.29 is 14.3 Å². The molecule has 1 aliphatic rings. The number of anilines is 2. The number of rotatable bonds is 7. The van der Waals surface area contributed by atoms with Crippen molar-refractivity contribution in [2.24, 2.45) is 0 Å². The summed E-state index contributed by atoms with van der Waals surface area (Å²) >= 11 is 3.44. The summed E-state index contributed by atoms with van der Waals surface area (Å²) < 4.78 is 14.3. The molecule has 9 nitrogen and oxygen atoms in total. The standard InChI is InChI=1S/C26H23BrN6O3/c1-16-23(25(34)29-20-6-4-3-5-7-20)24(33-26(28-16)30-31-32-33)18-10-13-21(22(14-18)35-2)36-15-17-8-11-19(27)12-9-17/h3-14,24H,15H2,1-2H3,(H,29,34)(H,28,30,32). The molecular weight excluding hydrogens is 524 g/mol. The second-order valence-electron chi connectivity index (χ2n) is 8.16. The first-order valence-corrected chi connectivity index (χ1v) is 12.0. The van der Waals surface area contributed by atoms with Gasteiger partial charge in [0.05, 0.1) is 12.7 Å². The van der Waals surface area contributed by atoms with Crippen molar-refractivity contribution in [3.8, 4) is 11.5 Å². The lowest BCUT2D eigenvalue weighted by Gasteiger charge is -2.28. The SMILES string of the molecule is COc1cc(C2C(C(=O)Nc3ccccc3)=C(C)Nc3nnnn32)ccc1OCc1ccc(Br)cc1. The van der Waals surface area contributed by atoms with Crippen molar-refractivity contribution in [3.05, 3.63) is 99.7 Å². The summed E-state index contributed by atoms with van der Waals surface area (Å²) in [4.78, 5) is 13.4. The number of ether oxygens (including phenoxy) is 2. The molecule has 3 aromatic carbocycles. The van der Waals surface area contributed by atoms with Gasteiger partial charge in [-0.05, 0) is 64.9 Å². The molecule has 1 amide bonds. The van der Waals surface area contributed by atoms with Crippen molar-refractivity contribution in [2.75, 3.05) is 17.7 Å². The Bertz CT molecular complexity index is 1420. The van der Waals surface area contributed by atoms with Crippen molar-refractivity contribution >= 4 is 33.5 Å². The average molecular weight is 547 g/mol. The topological polar surface area (TPSA) is 103 Å². The highest BCUT2D eigenvalue weighted by Crippen LogP contribution is 2.38. The van der Waals surface area contributed by atoms with Crippen LogP contribution in [0.15, 0.2) is 88.5 Å². The summed E-state index contributed by atoms with van der Waals surface area (Å²) in [6, 6.07) is 22.2. The van der Waals surface area contributed by atoms with Crippen LogP contribution in [-0.4, -0.2) is 33.2 Å². The van der Waals surface area contributed by atoms with E-state index in [0.29, 0.717) is 41.0 Å². The number of nitrogens with one attached hydrogen (secondary N) is 2. The molecular formula is C26H23BrN6O3. The Morgan fingerprint density at radius 2 is 1.86 bits per heavy atom. The second kappa shape index (κ2) is 10.2. The number of halogens is 1. The minimum atomic E-state index is -0.575. The van der Waals surface area contributed by atoms with Gasteiger partial charge in [-0.25, -0.2) is 0 Å². The number of fused-ring (bicyclic) bond motifs is 1. The highest BCUT2D eigenvalue weighted by atomic mass is 79.9. The summed E-state index contributed by atoms with van der Waals surface area (Å²) in [7, 11) is 1.58. The molecule has 182 valence electrons. The van der Waals surface area contributed by atoms with Gasteiger partial charge in [0, 0.05) is 15.9 Å². The van der Waals surface area contributed by atoms with Gasteiger partial charge in [0.15, 0.2) is 11.5 Å². The van der Waals surface area contributed by atoms with E-state index in [-0.39, 0.29) is 5.91 Å². The molecule has 5 rings (SSSR count). The Morgan fingerprint density at radius 1 is 1.08 bits per heavy atom. The zero-order valence-electron chi connectivity index (χ0n) is 19.6. The lowest BCUT2D eigenvalue weighted by Crippen LogP contribution is -2.31. The van der Waals surface area contributed by atoms with Crippen LogP contribution < -0.4 is 20.1 Å². The first-order chi connectivity index (χ1) is 17.5. The summed E-state index contributed by atoms with van der Waals surface area (Å²) in [5.41, 5.74) is 3.64. The third-order valence-corrected chi connectivity index (χ3v) is 6.33. The van der Waals surface area contributed by atoms with Crippen LogP contribution in [0.5, 0.6) is 11.5 Å². The van der Waals surface area contributed by atoms with Gasteiger partial charge in [0.1, 0.15) is 12.6 Å². The predicted molar refractivity (Wildman–Crippen MR) is 139 cm³/mol. The van der Waals surface area contributed by atoms with Gasteiger partial charge in [-0.1, -0.05) is 57.4 Å². The molecule has 0 saturated heterocycles. The van der Waals surface area contributed by atoms with E-state index in [2.05, 4.69) is 42.1 Å². The van der Waals surface area contributed by atoms with Gasteiger partial charge >= 0.3 is 0 Å².